The van der Waals surface area contributed by atoms with Gasteiger partial charge in [-0.3, -0.25) is 57.6 Å². The number of nitrogens with one attached hydrogen (secondary N) is 7. The van der Waals surface area contributed by atoms with Crippen LogP contribution in [0, 0.1) is 12.7 Å². The van der Waals surface area contributed by atoms with E-state index in [2.05, 4.69) is 37.2 Å². The maximum absolute atomic E-state index is 15.4. The second kappa shape index (κ2) is 27.4. The molecule has 87 heavy (non-hydrogen) atoms. The zero-order valence-corrected chi connectivity index (χ0v) is 49.0. The number of benzene rings is 2. The van der Waals surface area contributed by atoms with E-state index in [0.29, 0.717) is 76.6 Å². The van der Waals surface area contributed by atoms with E-state index in [-0.39, 0.29) is 75.4 Å². The van der Waals surface area contributed by atoms with Gasteiger partial charge >= 0.3 is 11.9 Å². The lowest BCUT2D eigenvalue weighted by Crippen LogP contribution is -2.53. The molecule has 3 aliphatic heterocycles. The molecule has 8 rings (SSSR count). The summed E-state index contributed by atoms with van der Waals surface area (Å²) in [6.45, 7) is 6.30. The van der Waals surface area contributed by atoms with Gasteiger partial charge in [-0.2, -0.15) is 0 Å². The van der Waals surface area contributed by atoms with Crippen LogP contribution in [0.4, 0.5) is 4.39 Å². The number of hydrogen-bond acceptors (Lipinski definition) is 16. The van der Waals surface area contributed by atoms with Gasteiger partial charge in [0.2, 0.25) is 41.4 Å². The number of ether oxygens (including phenoxy) is 2. The molecule has 4 atom stereocenters. The summed E-state index contributed by atoms with van der Waals surface area (Å²) >= 11 is 0. The molecule has 0 bridgehead atoms. The first-order chi connectivity index (χ1) is 41.3. The molecule has 462 valence electrons. The van der Waals surface area contributed by atoms with Crippen molar-refractivity contribution in [2.75, 3.05) is 32.7 Å². The molecule has 0 saturated carbocycles. The fraction of sp³-hybridized carbons (Fsp3) is 0.459. The smallest absolute Gasteiger partial charge is 0.343 e. The van der Waals surface area contributed by atoms with E-state index < -0.39 is 126 Å². The Morgan fingerprint density at radius 3 is 2.14 bits per heavy atom. The van der Waals surface area contributed by atoms with Crippen molar-refractivity contribution in [3.05, 3.63) is 110 Å². The number of rotatable bonds is 26. The average molecular weight is 1200 g/mol. The largest absolute Gasteiger partial charge is 0.460 e. The number of pyridine rings is 2. The normalized spacial score (nSPS) is 17.0. The zero-order chi connectivity index (χ0) is 62.9. The molecule has 4 aromatic rings. The maximum Gasteiger partial charge on any atom is 0.343 e. The van der Waals surface area contributed by atoms with Crippen molar-refractivity contribution < 1.29 is 71.7 Å². The van der Waals surface area contributed by atoms with Gasteiger partial charge in [-0.15, -0.1) is 0 Å². The van der Waals surface area contributed by atoms with Crippen LogP contribution in [0.5, 0.6) is 0 Å². The number of aromatic nitrogens is 2. The number of aliphatic hydroxyl groups is 1. The first-order valence-electron chi connectivity index (χ1n) is 28.9. The Labute approximate surface area is 499 Å². The summed E-state index contributed by atoms with van der Waals surface area (Å²) in [4.78, 5) is 162. The highest BCUT2D eigenvalue weighted by Crippen LogP contribution is 2.46. The van der Waals surface area contributed by atoms with Gasteiger partial charge in [0.05, 0.1) is 61.1 Å². The molecule has 5 heterocycles. The summed E-state index contributed by atoms with van der Waals surface area (Å²) in [7, 11) is 0. The van der Waals surface area contributed by atoms with Crippen molar-refractivity contribution >= 4 is 76.0 Å². The number of cyclic esters (lactones) is 1. The SMILES string of the molecule is CC[C@@]1(O)C(=O)OCc2c1cc1n(c2=O)Cc2c-1nc1cc(F)c(C)c3c1c2C(NC(=O)CCCNC(=O)CNC(=O)[C@H](Cc1ccccc1)NC(=O)CNC(=O)CNC(=O)[C@H](CC(=O)OC(C)(C)C)NC(=O)CCCCCN1C(=O)C=CC1=O)CC3. The number of carbonyl (C=O) groups is 11. The van der Waals surface area contributed by atoms with Crippen LogP contribution in [0.1, 0.15) is 130 Å². The predicted molar refractivity (Wildman–Crippen MR) is 308 cm³/mol. The quantitative estimate of drug-likeness (QED) is 0.0220. The third-order valence-electron chi connectivity index (χ3n) is 15.5. The van der Waals surface area contributed by atoms with E-state index in [0.717, 1.165) is 10.5 Å². The van der Waals surface area contributed by atoms with Crippen LogP contribution >= 0.6 is 0 Å². The fourth-order valence-electron chi connectivity index (χ4n) is 11.0. The van der Waals surface area contributed by atoms with Crippen LogP contribution in [-0.4, -0.2) is 135 Å². The summed E-state index contributed by atoms with van der Waals surface area (Å²) in [5, 5.41) is 30.1. The van der Waals surface area contributed by atoms with E-state index in [1.54, 1.807) is 71.0 Å². The number of halogens is 1. The van der Waals surface area contributed by atoms with Crippen molar-refractivity contribution in [2.24, 2.45) is 0 Å². The van der Waals surface area contributed by atoms with Gasteiger partial charge in [-0.25, -0.2) is 14.2 Å². The molecule has 0 radical (unpaired) electrons. The second-order valence-corrected chi connectivity index (χ2v) is 22.8. The Bertz CT molecular complexity index is 3520. The molecule has 1 aliphatic carbocycles. The van der Waals surface area contributed by atoms with E-state index in [1.165, 1.54) is 22.8 Å². The Morgan fingerprint density at radius 2 is 1.45 bits per heavy atom. The summed E-state index contributed by atoms with van der Waals surface area (Å²) < 4.78 is 27.5. The predicted octanol–water partition coefficient (Wildman–Crippen LogP) is 1.31. The highest BCUT2D eigenvalue weighted by molar-refractivity contribution is 6.12. The third-order valence-corrected chi connectivity index (χ3v) is 15.5. The van der Waals surface area contributed by atoms with Crippen LogP contribution in [0.3, 0.4) is 0 Å². The summed E-state index contributed by atoms with van der Waals surface area (Å²) in [6, 6.07) is 8.33. The van der Waals surface area contributed by atoms with E-state index in [9.17, 15) is 62.6 Å². The molecule has 2 aromatic heterocycles. The van der Waals surface area contributed by atoms with Crippen molar-refractivity contribution in [3.63, 3.8) is 0 Å². The number of esters is 2. The standard InChI is InChI=1S/C61H71FN10O15/c1-6-61(85)38-25-44-55-36(31-72(44)58(83)37(38)32-86-59(61)84)54-40(19-18-35-33(2)39(62)26-41(70-55)53(35)54)67-46(74)17-13-22-63-47(75)28-65-56(81)42(24-34-14-9-7-10-15-34)69-49(77)30-64-48(76)29-66-57(82)43(27-52(80)87-60(3,4)5)68-45(73)16-11-8-12-23-71-50(78)20-21-51(71)79/h7,9-10,14-15,20-21,25-26,40,42-43,85H,6,8,11-13,16-19,22-24,27-32H2,1-5H3,(H,63,75)(H,64,76)(H,65,81)(H,66,82)(H,67,74)(H,68,73)(H,69,77)/t40?,42-,43-,61-/m0/s1. The van der Waals surface area contributed by atoms with E-state index in [4.69, 9.17) is 14.5 Å². The number of aryl methyl sites for hydroxylation is 1. The molecule has 25 nitrogen and oxygen atoms in total. The number of nitrogens with zero attached hydrogens (tertiary/aromatic N) is 3. The minimum Gasteiger partial charge on any atom is -0.460 e. The van der Waals surface area contributed by atoms with Gasteiger partial charge in [0.1, 0.15) is 30.1 Å². The minimum atomic E-state index is -2.06. The van der Waals surface area contributed by atoms with E-state index >= 15 is 4.39 Å². The van der Waals surface area contributed by atoms with Crippen molar-refractivity contribution in [1.29, 1.82) is 0 Å². The van der Waals surface area contributed by atoms with Crippen LogP contribution in [-0.2, 0) is 93.8 Å². The molecule has 2 aromatic carbocycles. The number of amides is 9. The Morgan fingerprint density at radius 1 is 0.793 bits per heavy atom. The molecule has 9 amide bonds. The van der Waals surface area contributed by atoms with Gasteiger partial charge in [0.25, 0.3) is 17.4 Å². The third kappa shape index (κ3) is 15.3. The Kier molecular flexibility index (Phi) is 20.1. The van der Waals surface area contributed by atoms with Gasteiger partial charge in [0, 0.05) is 67.1 Å². The Hall–Kier alpha value is -9.20. The van der Waals surface area contributed by atoms with Crippen LogP contribution in [0.15, 0.2) is 59.4 Å². The molecule has 0 spiro atoms. The molecule has 8 N–H and O–H groups in total. The molecule has 0 fully saturated rings. The lowest BCUT2D eigenvalue weighted by Gasteiger charge is -2.31. The van der Waals surface area contributed by atoms with Crippen molar-refractivity contribution in [2.45, 2.75) is 148 Å². The second-order valence-electron chi connectivity index (χ2n) is 22.8. The molecular weight excluding hydrogens is 1130 g/mol. The van der Waals surface area contributed by atoms with Gasteiger partial charge in [-0.1, -0.05) is 43.7 Å². The summed E-state index contributed by atoms with van der Waals surface area (Å²) in [6.07, 6.45) is 3.91. The summed E-state index contributed by atoms with van der Waals surface area (Å²) in [5.74, 6) is -7.73. The van der Waals surface area contributed by atoms with E-state index in [1.807, 2.05) is 0 Å². The zero-order valence-electron chi connectivity index (χ0n) is 49.0. The first kappa shape index (κ1) is 63.8. The molecule has 26 heteroatoms. The number of carbonyl (C=O) groups excluding carboxylic acids is 11. The fourth-order valence-corrected chi connectivity index (χ4v) is 11.0. The Balaban J connectivity index is 0.804. The topological polar surface area (TPSA) is 349 Å². The molecular formula is C61H71FN10O15. The summed E-state index contributed by atoms with van der Waals surface area (Å²) in [5.41, 5.74) is 1.02. The van der Waals surface area contributed by atoms with Crippen molar-refractivity contribution in [3.8, 4) is 11.4 Å². The number of fused-ring (bicyclic) bond motifs is 5. The average Bonchev–Trinajstić information content (AvgIpc) is 1.68. The molecule has 0 saturated heterocycles. The van der Waals surface area contributed by atoms with Crippen LogP contribution in [0.25, 0.3) is 22.3 Å². The number of unbranched alkanes of at least 4 members (excludes halogenated alkanes) is 2. The maximum atomic E-state index is 15.4. The van der Waals surface area contributed by atoms with Gasteiger partial charge < -0.3 is 56.4 Å². The monoisotopic (exact) mass is 1200 g/mol. The number of hydrogen-bond donors (Lipinski definition) is 8. The lowest BCUT2D eigenvalue weighted by atomic mass is 9.81. The highest BCUT2D eigenvalue weighted by atomic mass is 19.1. The van der Waals surface area contributed by atoms with Crippen LogP contribution in [0.2, 0.25) is 0 Å². The highest BCUT2D eigenvalue weighted by Gasteiger charge is 2.46. The van der Waals surface area contributed by atoms with Crippen molar-refractivity contribution in [1.82, 2.24) is 51.7 Å². The van der Waals surface area contributed by atoms with Crippen LogP contribution < -0.4 is 42.8 Å². The molecule has 1 unspecified atom stereocenters. The lowest BCUT2D eigenvalue weighted by molar-refractivity contribution is -0.172. The first-order valence-corrected chi connectivity index (χ1v) is 28.9. The number of imide groups is 1. The van der Waals surface area contributed by atoms with Gasteiger partial charge in [0.15, 0.2) is 5.60 Å². The minimum absolute atomic E-state index is 0.00660. The van der Waals surface area contributed by atoms with Gasteiger partial charge in [-0.05, 0) is 94.5 Å². The molecule has 4 aliphatic rings.